The Morgan fingerprint density at radius 1 is 0.967 bits per heavy atom. The Morgan fingerprint density at radius 2 is 1.63 bits per heavy atom. The lowest BCUT2D eigenvalue weighted by molar-refractivity contribution is -0.140. The molecule has 6 heteroatoms. The number of nitrogens with zero attached hydrogens (tertiary/aromatic N) is 1. The van der Waals surface area contributed by atoms with Crippen LogP contribution in [0.2, 0.25) is 0 Å². The maximum absolute atomic E-state index is 13.1. The largest absolute Gasteiger partial charge is 0.490 e. The lowest BCUT2D eigenvalue weighted by Crippen LogP contribution is -2.46. The molecule has 1 atom stereocenters. The number of benzene rings is 2. The van der Waals surface area contributed by atoms with Crippen molar-refractivity contribution >= 4 is 11.8 Å². The van der Waals surface area contributed by atoms with E-state index in [4.69, 9.17) is 9.47 Å². The van der Waals surface area contributed by atoms with E-state index >= 15 is 0 Å². The molecule has 0 aliphatic rings. The summed E-state index contributed by atoms with van der Waals surface area (Å²) in [5.74, 6) is 1.14. The molecule has 0 spiro atoms. The molecule has 162 valence electrons. The first-order valence-corrected chi connectivity index (χ1v) is 10.4. The second-order valence-electron chi connectivity index (χ2n) is 6.94. The zero-order valence-corrected chi connectivity index (χ0v) is 18.3. The molecular formula is C24H32N2O4. The third kappa shape index (κ3) is 6.51. The predicted molar refractivity (Wildman–Crippen MR) is 118 cm³/mol. The SMILES string of the molecule is CCOc1ccc(CCC(=O)N(Cc2ccccc2)[C@@H](C)C(=O)NC)cc1OCC. The van der Waals surface area contributed by atoms with E-state index in [0.29, 0.717) is 44.1 Å². The average molecular weight is 413 g/mol. The summed E-state index contributed by atoms with van der Waals surface area (Å²) in [7, 11) is 1.58. The lowest BCUT2D eigenvalue weighted by atomic mass is 10.1. The molecule has 1 N–H and O–H groups in total. The van der Waals surface area contributed by atoms with Crippen LogP contribution in [0.4, 0.5) is 0 Å². The Bertz CT molecular complexity index is 823. The Labute approximate surface area is 179 Å². The molecule has 6 nitrogen and oxygen atoms in total. The van der Waals surface area contributed by atoms with Crippen LogP contribution >= 0.6 is 0 Å². The van der Waals surface area contributed by atoms with Gasteiger partial charge in [0.1, 0.15) is 6.04 Å². The minimum Gasteiger partial charge on any atom is -0.490 e. The molecule has 0 aliphatic heterocycles. The summed E-state index contributed by atoms with van der Waals surface area (Å²) in [5.41, 5.74) is 1.98. The van der Waals surface area contributed by atoms with E-state index in [9.17, 15) is 9.59 Å². The highest BCUT2D eigenvalue weighted by atomic mass is 16.5. The predicted octanol–water partition coefficient (Wildman–Crippen LogP) is 3.58. The topological polar surface area (TPSA) is 67.9 Å². The molecule has 0 saturated heterocycles. The minimum absolute atomic E-state index is 0.0678. The van der Waals surface area contributed by atoms with Gasteiger partial charge in [-0.2, -0.15) is 0 Å². The van der Waals surface area contributed by atoms with E-state index in [1.54, 1.807) is 18.9 Å². The number of carbonyl (C=O) groups is 2. The van der Waals surface area contributed by atoms with Crippen LogP contribution in [0.5, 0.6) is 11.5 Å². The first-order valence-electron chi connectivity index (χ1n) is 10.4. The number of ether oxygens (including phenoxy) is 2. The first kappa shape index (κ1) is 23.3. The van der Waals surface area contributed by atoms with Gasteiger partial charge < -0.3 is 19.7 Å². The van der Waals surface area contributed by atoms with Crippen molar-refractivity contribution in [1.82, 2.24) is 10.2 Å². The van der Waals surface area contributed by atoms with Crippen molar-refractivity contribution in [1.29, 1.82) is 0 Å². The van der Waals surface area contributed by atoms with Crippen LogP contribution in [-0.2, 0) is 22.6 Å². The number of carbonyl (C=O) groups excluding carboxylic acids is 2. The van der Waals surface area contributed by atoms with E-state index in [1.165, 1.54) is 0 Å². The minimum atomic E-state index is -0.554. The van der Waals surface area contributed by atoms with Crippen LogP contribution in [0.25, 0.3) is 0 Å². The fourth-order valence-electron chi connectivity index (χ4n) is 3.22. The molecule has 2 rings (SSSR count). The monoisotopic (exact) mass is 412 g/mol. The molecule has 0 saturated carbocycles. The average Bonchev–Trinajstić information content (AvgIpc) is 2.77. The zero-order valence-electron chi connectivity index (χ0n) is 18.3. The molecule has 2 aromatic carbocycles. The number of nitrogens with one attached hydrogen (secondary N) is 1. The fraction of sp³-hybridized carbons (Fsp3) is 0.417. The van der Waals surface area contributed by atoms with Gasteiger partial charge in [0.05, 0.1) is 13.2 Å². The molecule has 0 unspecified atom stereocenters. The second-order valence-corrected chi connectivity index (χ2v) is 6.94. The van der Waals surface area contributed by atoms with Gasteiger partial charge >= 0.3 is 0 Å². The van der Waals surface area contributed by atoms with Crippen LogP contribution in [-0.4, -0.2) is 43.0 Å². The number of hydrogen-bond acceptors (Lipinski definition) is 4. The quantitative estimate of drug-likeness (QED) is 0.613. The normalized spacial score (nSPS) is 11.5. The third-order valence-corrected chi connectivity index (χ3v) is 4.84. The molecule has 30 heavy (non-hydrogen) atoms. The Kier molecular flexibility index (Phi) is 9.19. The maximum atomic E-state index is 13.1. The van der Waals surface area contributed by atoms with Gasteiger partial charge in [0, 0.05) is 20.0 Å². The Hall–Kier alpha value is -3.02. The van der Waals surface area contributed by atoms with Crippen molar-refractivity contribution in [2.45, 2.75) is 46.2 Å². The summed E-state index contributed by atoms with van der Waals surface area (Å²) in [4.78, 5) is 26.9. The van der Waals surface area contributed by atoms with Crippen molar-refractivity contribution < 1.29 is 19.1 Å². The number of hydrogen-bond donors (Lipinski definition) is 1. The molecule has 0 bridgehead atoms. The number of rotatable bonds is 11. The van der Waals surface area contributed by atoms with E-state index in [2.05, 4.69) is 5.32 Å². The summed E-state index contributed by atoms with van der Waals surface area (Å²) < 4.78 is 11.3. The molecular weight excluding hydrogens is 380 g/mol. The Balaban J connectivity index is 2.12. The van der Waals surface area contributed by atoms with Crippen molar-refractivity contribution in [2.75, 3.05) is 20.3 Å². The summed E-state index contributed by atoms with van der Waals surface area (Å²) in [6.07, 6.45) is 0.852. The smallest absolute Gasteiger partial charge is 0.242 e. The van der Waals surface area contributed by atoms with E-state index in [1.807, 2.05) is 62.4 Å². The molecule has 0 aromatic heterocycles. The third-order valence-electron chi connectivity index (χ3n) is 4.84. The highest BCUT2D eigenvalue weighted by Gasteiger charge is 2.25. The van der Waals surface area contributed by atoms with Crippen LogP contribution in [0.1, 0.15) is 38.3 Å². The van der Waals surface area contributed by atoms with Crippen LogP contribution in [0.3, 0.4) is 0 Å². The first-order chi connectivity index (χ1) is 14.5. The maximum Gasteiger partial charge on any atom is 0.242 e. The highest BCUT2D eigenvalue weighted by molar-refractivity contribution is 5.87. The number of amides is 2. The van der Waals surface area contributed by atoms with Gasteiger partial charge in [-0.3, -0.25) is 9.59 Å². The number of aryl methyl sites for hydroxylation is 1. The lowest BCUT2D eigenvalue weighted by Gasteiger charge is -2.28. The van der Waals surface area contributed by atoms with Crippen molar-refractivity contribution in [3.63, 3.8) is 0 Å². The molecule has 2 aromatic rings. The fourth-order valence-corrected chi connectivity index (χ4v) is 3.22. The van der Waals surface area contributed by atoms with Gasteiger partial charge in [0.25, 0.3) is 0 Å². The van der Waals surface area contributed by atoms with Crippen molar-refractivity contribution in [2.24, 2.45) is 0 Å². The summed E-state index contributed by atoms with van der Waals surface area (Å²) in [5, 5.41) is 2.64. The highest BCUT2D eigenvalue weighted by Crippen LogP contribution is 2.29. The zero-order chi connectivity index (χ0) is 21.9. The second kappa shape index (κ2) is 11.9. The van der Waals surface area contributed by atoms with Gasteiger partial charge in [0.15, 0.2) is 11.5 Å². The van der Waals surface area contributed by atoms with Crippen LogP contribution in [0.15, 0.2) is 48.5 Å². The molecule has 2 amide bonds. The molecule has 0 fully saturated rings. The van der Waals surface area contributed by atoms with E-state index in [0.717, 1.165) is 11.1 Å². The van der Waals surface area contributed by atoms with Gasteiger partial charge in [-0.15, -0.1) is 0 Å². The van der Waals surface area contributed by atoms with Crippen molar-refractivity contribution in [3.05, 3.63) is 59.7 Å². The van der Waals surface area contributed by atoms with E-state index in [-0.39, 0.29) is 11.8 Å². The summed E-state index contributed by atoms with van der Waals surface area (Å²) in [6, 6.07) is 14.9. The van der Waals surface area contributed by atoms with Crippen LogP contribution in [0, 0.1) is 0 Å². The number of likely N-dealkylation sites (N-methyl/N-ethyl adjacent to an activating group) is 1. The molecule has 0 radical (unpaired) electrons. The van der Waals surface area contributed by atoms with Crippen molar-refractivity contribution in [3.8, 4) is 11.5 Å². The van der Waals surface area contributed by atoms with Crippen LogP contribution < -0.4 is 14.8 Å². The Morgan fingerprint density at radius 3 is 2.27 bits per heavy atom. The van der Waals surface area contributed by atoms with Gasteiger partial charge in [-0.05, 0) is 50.5 Å². The molecule has 0 heterocycles. The molecule has 0 aliphatic carbocycles. The van der Waals surface area contributed by atoms with Gasteiger partial charge in [0.2, 0.25) is 11.8 Å². The standard InChI is InChI=1S/C24H32N2O4/c1-5-29-21-14-12-19(16-22(21)30-6-2)13-15-23(27)26(18(3)24(28)25-4)17-20-10-8-7-9-11-20/h7-12,14,16,18H,5-6,13,15,17H2,1-4H3,(H,25,28)/t18-/m0/s1. The van der Waals surface area contributed by atoms with E-state index < -0.39 is 6.04 Å². The summed E-state index contributed by atoms with van der Waals surface area (Å²) >= 11 is 0. The van der Waals surface area contributed by atoms with Gasteiger partial charge in [-0.25, -0.2) is 0 Å². The summed E-state index contributed by atoms with van der Waals surface area (Å²) in [6.45, 7) is 7.09. The van der Waals surface area contributed by atoms with Gasteiger partial charge in [-0.1, -0.05) is 36.4 Å².